The van der Waals surface area contributed by atoms with Gasteiger partial charge in [0.1, 0.15) is 5.75 Å². The Morgan fingerprint density at radius 3 is 2.67 bits per heavy atom. The molecule has 0 heterocycles. The Morgan fingerprint density at radius 2 is 2.07 bits per heavy atom. The first-order chi connectivity index (χ1) is 7.15. The fourth-order valence-electron chi connectivity index (χ4n) is 1.42. The minimum absolute atomic E-state index is 0.178. The van der Waals surface area contributed by atoms with Crippen molar-refractivity contribution in [1.82, 2.24) is 0 Å². The number of para-hydroxylation sites is 1. The highest BCUT2D eigenvalue weighted by atomic mass is 16.5. The summed E-state index contributed by atoms with van der Waals surface area (Å²) in [5, 5.41) is 0. The second-order valence-electron chi connectivity index (χ2n) is 3.80. The molecule has 1 aromatic carbocycles. The highest BCUT2D eigenvalue weighted by molar-refractivity contribution is 5.68. The fraction of sp³-hybridized carbons (Fsp3) is 0.385. The Morgan fingerprint density at radius 1 is 1.40 bits per heavy atom. The number of nitrogens with two attached hydrogens (primary N) is 1. The molecule has 0 amide bonds. The maximum absolute atomic E-state index is 5.71. The number of rotatable bonds is 5. The van der Waals surface area contributed by atoms with Gasteiger partial charge in [0.05, 0.1) is 6.10 Å². The average molecular weight is 205 g/mol. The molecule has 2 nitrogen and oxygen atoms in total. The predicted octanol–water partition coefficient (Wildman–Crippen LogP) is 2.84. The molecule has 2 N–H and O–H groups in total. The van der Waals surface area contributed by atoms with E-state index in [-0.39, 0.29) is 6.10 Å². The summed E-state index contributed by atoms with van der Waals surface area (Å²) >= 11 is 0. The normalized spacial score (nSPS) is 10.4. The topological polar surface area (TPSA) is 35.2 Å². The van der Waals surface area contributed by atoms with Gasteiger partial charge in [0.25, 0.3) is 0 Å². The molecule has 0 bridgehead atoms. The van der Waals surface area contributed by atoms with Crippen molar-refractivity contribution in [2.24, 2.45) is 5.73 Å². The van der Waals surface area contributed by atoms with Crippen LogP contribution >= 0.6 is 0 Å². The summed E-state index contributed by atoms with van der Waals surface area (Å²) in [5.41, 5.74) is 7.62. The van der Waals surface area contributed by atoms with Crippen LogP contribution in [0.25, 0.3) is 5.57 Å². The molecule has 0 spiro atoms. The van der Waals surface area contributed by atoms with Crippen molar-refractivity contribution in [3.8, 4) is 5.75 Å². The molecular formula is C13H19NO. The van der Waals surface area contributed by atoms with Gasteiger partial charge in [-0.15, -0.1) is 0 Å². The number of ether oxygens (including phenoxy) is 1. The van der Waals surface area contributed by atoms with Crippen molar-refractivity contribution in [1.29, 1.82) is 0 Å². The first-order valence-electron chi connectivity index (χ1n) is 5.29. The molecule has 2 heteroatoms. The van der Waals surface area contributed by atoms with Gasteiger partial charge in [0.2, 0.25) is 0 Å². The summed E-state index contributed by atoms with van der Waals surface area (Å²) in [6.07, 6.45) is 0.982. The van der Waals surface area contributed by atoms with Crippen LogP contribution < -0.4 is 10.5 Å². The quantitative estimate of drug-likeness (QED) is 0.802. The van der Waals surface area contributed by atoms with Gasteiger partial charge in [-0.1, -0.05) is 24.8 Å². The molecular weight excluding hydrogens is 186 g/mol. The van der Waals surface area contributed by atoms with Gasteiger partial charge in [0, 0.05) is 5.56 Å². The molecule has 0 aliphatic carbocycles. The number of benzene rings is 1. The van der Waals surface area contributed by atoms with E-state index in [0.29, 0.717) is 6.54 Å². The Hall–Kier alpha value is -1.28. The third kappa shape index (κ3) is 3.40. The molecule has 0 radical (unpaired) electrons. The van der Waals surface area contributed by atoms with E-state index < -0.39 is 0 Å². The van der Waals surface area contributed by atoms with Crippen molar-refractivity contribution in [2.75, 3.05) is 6.54 Å². The van der Waals surface area contributed by atoms with E-state index in [0.717, 1.165) is 23.3 Å². The van der Waals surface area contributed by atoms with E-state index in [2.05, 4.69) is 6.58 Å². The van der Waals surface area contributed by atoms with Crippen molar-refractivity contribution >= 4 is 5.57 Å². The van der Waals surface area contributed by atoms with Gasteiger partial charge in [-0.3, -0.25) is 0 Å². The Bertz CT molecular complexity index is 331. The highest BCUT2D eigenvalue weighted by Gasteiger charge is 2.07. The van der Waals surface area contributed by atoms with Crippen LogP contribution in [-0.4, -0.2) is 12.6 Å². The van der Waals surface area contributed by atoms with Crippen LogP contribution in [0, 0.1) is 0 Å². The van der Waals surface area contributed by atoms with E-state index in [1.54, 1.807) is 0 Å². The van der Waals surface area contributed by atoms with E-state index in [4.69, 9.17) is 10.5 Å². The largest absolute Gasteiger partial charge is 0.490 e. The fourth-order valence-corrected chi connectivity index (χ4v) is 1.42. The van der Waals surface area contributed by atoms with Crippen LogP contribution in [0.15, 0.2) is 30.8 Å². The summed E-state index contributed by atoms with van der Waals surface area (Å²) in [4.78, 5) is 0. The van der Waals surface area contributed by atoms with Crippen LogP contribution in [0.1, 0.15) is 25.8 Å². The third-order valence-corrected chi connectivity index (χ3v) is 2.08. The standard InChI is InChI=1S/C13H19NO/c1-10(2)15-13-7-5-4-6-12(13)11(3)8-9-14/h4-7,10H,3,8-9,14H2,1-2H3. The maximum Gasteiger partial charge on any atom is 0.127 e. The molecule has 1 rings (SSSR count). The van der Waals surface area contributed by atoms with Gasteiger partial charge in [-0.25, -0.2) is 0 Å². The molecule has 0 atom stereocenters. The molecule has 0 aliphatic heterocycles. The lowest BCUT2D eigenvalue weighted by molar-refractivity contribution is 0.241. The lowest BCUT2D eigenvalue weighted by Crippen LogP contribution is -2.08. The van der Waals surface area contributed by atoms with E-state index >= 15 is 0 Å². The molecule has 0 saturated heterocycles. The van der Waals surface area contributed by atoms with Crippen LogP contribution in [0.3, 0.4) is 0 Å². The number of hydrogen-bond acceptors (Lipinski definition) is 2. The minimum atomic E-state index is 0.178. The minimum Gasteiger partial charge on any atom is -0.490 e. The molecule has 1 aromatic rings. The maximum atomic E-state index is 5.71. The first-order valence-corrected chi connectivity index (χ1v) is 5.29. The van der Waals surface area contributed by atoms with Gasteiger partial charge >= 0.3 is 0 Å². The Labute approximate surface area is 91.7 Å². The van der Waals surface area contributed by atoms with Crippen LogP contribution in [0.2, 0.25) is 0 Å². The average Bonchev–Trinajstić information content (AvgIpc) is 2.18. The SMILES string of the molecule is C=C(CCN)c1ccccc1OC(C)C. The van der Waals surface area contributed by atoms with Crippen LogP contribution in [0.4, 0.5) is 0 Å². The zero-order valence-electron chi connectivity index (χ0n) is 9.49. The Balaban J connectivity index is 2.90. The van der Waals surface area contributed by atoms with Gasteiger partial charge in [-0.05, 0) is 38.5 Å². The molecule has 0 saturated carbocycles. The smallest absolute Gasteiger partial charge is 0.127 e. The predicted molar refractivity (Wildman–Crippen MR) is 64.9 cm³/mol. The van der Waals surface area contributed by atoms with E-state index in [9.17, 15) is 0 Å². The molecule has 15 heavy (non-hydrogen) atoms. The zero-order chi connectivity index (χ0) is 11.3. The zero-order valence-corrected chi connectivity index (χ0v) is 9.49. The highest BCUT2D eigenvalue weighted by Crippen LogP contribution is 2.27. The van der Waals surface area contributed by atoms with Crippen LogP contribution in [0.5, 0.6) is 5.75 Å². The van der Waals surface area contributed by atoms with Crippen LogP contribution in [-0.2, 0) is 0 Å². The summed E-state index contributed by atoms with van der Waals surface area (Å²) in [6.45, 7) is 8.68. The van der Waals surface area contributed by atoms with E-state index in [1.807, 2.05) is 38.1 Å². The molecule has 0 unspecified atom stereocenters. The monoisotopic (exact) mass is 205 g/mol. The lowest BCUT2D eigenvalue weighted by atomic mass is 10.0. The lowest BCUT2D eigenvalue weighted by Gasteiger charge is -2.15. The summed E-state index contributed by atoms with van der Waals surface area (Å²) < 4.78 is 5.71. The molecule has 0 aromatic heterocycles. The summed E-state index contributed by atoms with van der Waals surface area (Å²) in [6, 6.07) is 7.95. The Kier molecular flexibility index (Phi) is 4.37. The van der Waals surface area contributed by atoms with Crippen molar-refractivity contribution in [3.05, 3.63) is 36.4 Å². The first kappa shape index (κ1) is 11.8. The number of hydrogen-bond donors (Lipinski definition) is 1. The van der Waals surface area contributed by atoms with Gasteiger partial charge in [-0.2, -0.15) is 0 Å². The van der Waals surface area contributed by atoms with Crippen molar-refractivity contribution in [2.45, 2.75) is 26.4 Å². The molecule has 0 aliphatic rings. The molecule has 0 fully saturated rings. The van der Waals surface area contributed by atoms with Gasteiger partial charge in [0.15, 0.2) is 0 Å². The van der Waals surface area contributed by atoms with Crippen molar-refractivity contribution in [3.63, 3.8) is 0 Å². The second kappa shape index (κ2) is 5.56. The summed E-state index contributed by atoms with van der Waals surface area (Å²) in [7, 11) is 0. The van der Waals surface area contributed by atoms with Crippen molar-refractivity contribution < 1.29 is 4.74 Å². The third-order valence-electron chi connectivity index (χ3n) is 2.08. The van der Waals surface area contributed by atoms with E-state index in [1.165, 1.54) is 0 Å². The molecule has 82 valence electrons. The van der Waals surface area contributed by atoms with Gasteiger partial charge < -0.3 is 10.5 Å². The second-order valence-corrected chi connectivity index (χ2v) is 3.80. The summed E-state index contributed by atoms with van der Waals surface area (Å²) in [5.74, 6) is 0.894.